The highest BCUT2D eigenvalue weighted by molar-refractivity contribution is 6.77. The quantitative estimate of drug-likeness (QED) is 0.688. The Kier molecular flexibility index (Phi) is 3.90. The van der Waals surface area contributed by atoms with Gasteiger partial charge in [-0.1, -0.05) is 50.0 Å². The molecule has 0 aromatic heterocycles. The Morgan fingerprint density at radius 3 is 2.21 bits per heavy atom. The normalized spacial score (nSPS) is 14.0. The molecular weight excluding hydrogens is 188 g/mol. The highest BCUT2D eigenvalue weighted by Crippen LogP contribution is 2.13. The molecule has 0 saturated heterocycles. The van der Waals surface area contributed by atoms with Crippen LogP contribution in [-0.2, 0) is 11.3 Å². The summed E-state index contributed by atoms with van der Waals surface area (Å²) in [5.74, 6) is 0. The van der Waals surface area contributed by atoms with Gasteiger partial charge in [0.25, 0.3) is 0 Å². The van der Waals surface area contributed by atoms with Crippen molar-refractivity contribution in [2.24, 2.45) is 0 Å². The van der Waals surface area contributed by atoms with E-state index in [1.807, 2.05) is 6.07 Å². The van der Waals surface area contributed by atoms with Crippen LogP contribution in [0.2, 0.25) is 19.6 Å². The van der Waals surface area contributed by atoms with Gasteiger partial charge in [0, 0.05) is 5.73 Å². The van der Waals surface area contributed by atoms with Gasteiger partial charge in [-0.15, -0.1) is 0 Å². The molecule has 0 bridgehead atoms. The fraction of sp³-hybridized carbons (Fsp3) is 0.500. The molecule has 1 nitrogen and oxygen atoms in total. The minimum atomic E-state index is -1.14. The summed E-state index contributed by atoms with van der Waals surface area (Å²) in [4.78, 5) is 0. The number of hydrogen-bond acceptors (Lipinski definition) is 1. The third kappa shape index (κ3) is 3.64. The minimum absolute atomic E-state index is 0.419. The minimum Gasteiger partial charge on any atom is -0.377 e. The molecule has 0 spiro atoms. The van der Waals surface area contributed by atoms with E-state index in [4.69, 9.17) is 4.74 Å². The largest absolute Gasteiger partial charge is 0.377 e. The smallest absolute Gasteiger partial charge is 0.0781 e. The van der Waals surface area contributed by atoms with E-state index in [0.717, 1.165) is 6.61 Å². The molecule has 1 aromatic carbocycles. The number of ether oxygens (including phenoxy) is 1. The molecule has 0 saturated carbocycles. The zero-order chi connectivity index (χ0) is 10.6. The average molecular weight is 208 g/mol. The van der Waals surface area contributed by atoms with Crippen molar-refractivity contribution in [1.82, 2.24) is 0 Å². The molecule has 0 aliphatic rings. The van der Waals surface area contributed by atoms with Crippen LogP contribution in [0.4, 0.5) is 0 Å². The third-order valence-electron chi connectivity index (χ3n) is 2.56. The van der Waals surface area contributed by atoms with Crippen molar-refractivity contribution in [3.8, 4) is 0 Å². The van der Waals surface area contributed by atoms with Gasteiger partial charge in [-0.3, -0.25) is 0 Å². The molecule has 1 atom stereocenters. The molecule has 0 aliphatic carbocycles. The van der Waals surface area contributed by atoms with Gasteiger partial charge >= 0.3 is 0 Å². The molecule has 1 unspecified atom stereocenters. The van der Waals surface area contributed by atoms with Crippen molar-refractivity contribution in [3.63, 3.8) is 0 Å². The SMILES string of the molecule is CC(OCc1ccccc1)[Si](C)(C)C. The number of benzene rings is 1. The summed E-state index contributed by atoms with van der Waals surface area (Å²) in [6, 6.07) is 10.4. The Bertz CT molecular complexity index is 263. The first kappa shape index (κ1) is 11.5. The van der Waals surface area contributed by atoms with E-state index in [1.54, 1.807) is 0 Å². The summed E-state index contributed by atoms with van der Waals surface area (Å²) < 4.78 is 5.85. The van der Waals surface area contributed by atoms with E-state index in [1.165, 1.54) is 5.56 Å². The van der Waals surface area contributed by atoms with Crippen LogP contribution in [0.1, 0.15) is 12.5 Å². The molecule has 78 valence electrons. The maximum atomic E-state index is 5.85. The average Bonchev–Trinajstić information content (AvgIpc) is 2.14. The van der Waals surface area contributed by atoms with Crippen LogP contribution < -0.4 is 0 Å². The molecule has 2 heteroatoms. The lowest BCUT2D eigenvalue weighted by atomic mass is 10.2. The van der Waals surface area contributed by atoms with Gasteiger partial charge in [0.05, 0.1) is 14.7 Å². The van der Waals surface area contributed by atoms with E-state index in [2.05, 4.69) is 50.8 Å². The van der Waals surface area contributed by atoms with Crippen molar-refractivity contribution >= 4 is 8.07 Å². The molecule has 0 radical (unpaired) electrons. The van der Waals surface area contributed by atoms with Crippen LogP contribution in [0.25, 0.3) is 0 Å². The lowest BCUT2D eigenvalue weighted by molar-refractivity contribution is 0.0978. The van der Waals surface area contributed by atoms with Crippen molar-refractivity contribution in [2.75, 3.05) is 0 Å². The zero-order valence-corrected chi connectivity index (χ0v) is 10.6. The molecule has 0 fully saturated rings. The predicted octanol–water partition coefficient (Wildman–Crippen LogP) is 3.47. The van der Waals surface area contributed by atoms with Gasteiger partial charge in [-0.25, -0.2) is 0 Å². The Balaban J connectivity index is 2.42. The second-order valence-corrected chi connectivity index (χ2v) is 10.3. The van der Waals surface area contributed by atoms with Crippen LogP contribution in [0, 0.1) is 0 Å². The van der Waals surface area contributed by atoms with E-state index >= 15 is 0 Å². The molecule has 0 aliphatic heterocycles. The van der Waals surface area contributed by atoms with Gasteiger partial charge in [-0.2, -0.15) is 0 Å². The van der Waals surface area contributed by atoms with E-state index in [9.17, 15) is 0 Å². The predicted molar refractivity (Wildman–Crippen MR) is 64.0 cm³/mol. The van der Waals surface area contributed by atoms with Crippen molar-refractivity contribution in [2.45, 2.75) is 38.9 Å². The van der Waals surface area contributed by atoms with Crippen LogP contribution in [-0.4, -0.2) is 13.8 Å². The number of hydrogen-bond donors (Lipinski definition) is 0. The fourth-order valence-electron chi connectivity index (χ4n) is 1.05. The Morgan fingerprint density at radius 1 is 1.14 bits per heavy atom. The highest BCUT2D eigenvalue weighted by atomic mass is 28.3. The summed E-state index contributed by atoms with van der Waals surface area (Å²) in [6.07, 6.45) is 0. The zero-order valence-electron chi connectivity index (χ0n) is 9.58. The second kappa shape index (κ2) is 4.76. The first-order valence-corrected chi connectivity index (χ1v) is 8.73. The maximum Gasteiger partial charge on any atom is 0.0781 e. The van der Waals surface area contributed by atoms with Crippen molar-refractivity contribution < 1.29 is 4.74 Å². The molecule has 1 rings (SSSR count). The molecule has 14 heavy (non-hydrogen) atoms. The Labute approximate surface area is 88.1 Å². The van der Waals surface area contributed by atoms with Crippen LogP contribution in [0.3, 0.4) is 0 Å². The topological polar surface area (TPSA) is 9.23 Å². The lowest BCUT2D eigenvalue weighted by Crippen LogP contribution is -2.37. The van der Waals surface area contributed by atoms with E-state index < -0.39 is 8.07 Å². The Hall–Kier alpha value is -0.603. The first-order chi connectivity index (χ1) is 6.50. The van der Waals surface area contributed by atoms with Gasteiger partial charge in [0.1, 0.15) is 0 Å². The molecule has 0 amide bonds. The fourth-order valence-corrected chi connectivity index (χ4v) is 1.63. The van der Waals surface area contributed by atoms with E-state index in [0.29, 0.717) is 5.73 Å². The second-order valence-electron chi connectivity index (χ2n) is 4.80. The summed E-state index contributed by atoms with van der Waals surface area (Å²) in [7, 11) is -1.14. The van der Waals surface area contributed by atoms with Crippen molar-refractivity contribution in [3.05, 3.63) is 35.9 Å². The molecule has 0 heterocycles. The standard InChI is InChI=1S/C12H20OSi/c1-11(14(2,3)4)13-10-12-8-6-5-7-9-12/h5-9,11H,10H2,1-4H3. The lowest BCUT2D eigenvalue weighted by Gasteiger charge is -2.25. The van der Waals surface area contributed by atoms with Gasteiger partial charge in [-0.05, 0) is 12.5 Å². The van der Waals surface area contributed by atoms with Crippen LogP contribution in [0.5, 0.6) is 0 Å². The van der Waals surface area contributed by atoms with Gasteiger partial charge in [0.2, 0.25) is 0 Å². The highest BCUT2D eigenvalue weighted by Gasteiger charge is 2.22. The summed E-state index contributed by atoms with van der Waals surface area (Å²) in [6.45, 7) is 9.94. The third-order valence-corrected chi connectivity index (χ3v) is 5.17. The molecular formula is C12H20OSi. The van der Waals surface area contributed by atoms with Crippen molar-refractivity contribution in [1.29, 1.82) is 0 Å². The summed E-state index contributed by atoms with van der Waals surface area (Å²) >= 11 is 0. The summed E-state index contributed by atoms with van der Waals surface area (Å²) in [5, 5.41) is 0. The van der Waals surface area contributed by atoms with E-state index in [-0.39, 0.29) is 0 Å². The van der Waals surface area contributed by atoms with Crippen LogP contribution in [0.15, 0.2) is 30.3 Å². The Morgan fingerprint density at radius 2 is 1.71 bits per heavy atom. The van der Waals surface area contributed by atoms with Gasteiger partial charge in [0.15, 0.2) is 0 Å². The first-order valence-electron chi connectivity index (χ1n) is 5.15. The van der Waals surface area contributed by atoms with Gasteiger partial charge < -0.3 is 4.74 Å². The maximum absolute atomic E-state index is 5.85. The molecule has 0 N–H and O–H groups in total. The monoisotopic (exact) mass is 208 g/mol. The molecule has 1 aromatic rings. The number of rotatable bonds is 4. The summed E-state index contributed by atoms with van der Waals surface area (Å²) in [5.41, 5.74) is 1.68. The van der Waals surface area contributed by atoms with Crippen LogP contribution >= 0.6 is 0 Å².